The summed E-state index contributed by atoms with van der Waals surface area (Å²) in [7, 11) is 0. The van der Waals surface area contributed by atoms with Gasteiger partial charge < -0.3 is 10.1 Å². The van der Waals surface area contributed by atoms with Gasteiger partial charge in [0.2, 0.25) is 5.91 Å². The fourth-order valence-corrected chi connectivity index (χ4v) is 1.24. The summed E-state index contributed by atoms with van der Waals surface area (Å²) in [6.45, 7) is 5.96. The number of nitrogens with one attached hydrogen (secondary N) is 1. The molecule has 0 saturated heterocycles. The van der Waals surface area contributed by atoms with Crippen molar-refractivity contribution < 1.29 is 13.9 Å². The van der Waals surface area contributed by atoms with Crippen LogP contribution in [0.4, 0.5) is 4.39 Å². The fourth-order valence-electron chi connectivity index (χ4n) is 1.24. The van der Waals surface area contributed by atoms with Crippen molar-refractivity contribution in [1.29, 1.82) is 0 Å². The van der Waals surface area contributed by atoms with Crippen LogP contribution in [0.5, 0.6) is 5.75 Å². The van der Waals surface area contributed by atoms with E-state index in [1.54, 1.807) is 12.1 Å². The zero-order chi connectivity index (χ0) is 12.8. The smallest absolute Gasteiger partial charge is 0.222 e. The first kappa shape index (κ1) is 13.5. The number of carbonyl (C=O) groups is 1. The van der Waals surface area contributed by atoms with Crippen LogP contribution in [-0.4, -0.2) is 18.6 Å². The van der Waals surface area contributed by atoms with Gasteiger partial charge in [-0.2, -0.15) is 0 Å². The average molecular weight is 239 g/mol. The van der Waals surface area contributed by atoms with Crippen molar-refractivity contribution in [1.82, 2.24) is 5.32 Å². The molecule has 0 aromatic heterocycles. The van der Waals surface area contributed by atoms with Crippen molar-refractivity contribution in [3.63, 3.8) is 0 Å². The van der Waals surface area contributed by atoms with Gasteiger partial charge in [0.25, 0.3) is 0 Å². The Kier molecular flexibility index (Phi) is 4.94. The second kappa shape index (κ2) is 6.23. The Morgan fingerprint density at radius 2 is 1.88 bits per heavy atom. The number of halogens is 1. The lowest BCUT2D eigenvalue weighted by Crippen LogP contribution is -2.35. The van der Waals surface area contributed by atoms with Crippen LogP contribution < -0.4 is 10.1 Å². The molecule has 0 aliphatic rings. The summed E-state index contributed by atoms with van der Waals surface area (Å²) in [6.07, 6.45) is -0.150. The summed E-state index contributed by atoms with van der Waals surface area (Å²) >= 11 is 0. The Hall–Kier alpha value is -1.58. The number of hydrogen-bond acceptors (Lipinski definition) is 2. The molecule has 0 bridgehead atoms. The maximum Gasteiger partial charge on any atom is 0.222 e. The van der Waals surface area contributed by atoms with Crippen molar-refractivity contribution in [3.8, 4) is 5.75 Å². The van der Waals surface area contributed by atoms with Crippen LogP contribution >= 0.6 is 0 Å². The highest BCUT2D eigenvalue weighted by atomic mass is 19.1. The van der Waals surface area contributed by atoms with E-state index in [9.17, 15) is 9.18 Å². The minimum absolute atomic E-state index is 0.000411. The second-order valence-corrected chi connectivity index (χ2v) is 4.28. The van der Waals surface area contributed by atoms with Gasteiger partial charge in [0.15, 0.2) is 0 Å². The molecule has 1 atom stereocenters. The van der Waals surface area contributed by atoms with Crippen LogP contribution in [0.15, 0.2) is 24.3 Å². The van der Waals surface area contributed by atoms with Crippen molar-refractivity contribution >= 4 is 5.91 Å². The van der Waals surface area contributed by atoms with Gasteiger partial charge in [0.05, 0.1) is 6.54 Å². The van der Waals surface area contributed by atoms with Gasteiger partial charge in [-0.3, -0.25) is 4.79 Å². The maximum absolute atomic E-state index is 12.7. The predicted octanol–water partition coefficient (Wildman–Crippen LogP) is 2.37. The van der Waals surface area contributed by atoms with E-state index in [1.807, 2.05) is 20.8 Å². The summed E-state index contributed by atoms with van der Waals surface area (Å²) in [5.41, 5.74) is 0. The van der Waals surface area contributed by atoms with Crippen molar-refractivity contribution in [2.45, 2.75) is 26.9 Å². The predicted molar refractivity (Wildman–Crippen MR) is 64.3 cm³/mol. The van der Waals surface area contributed by atoms with Crippen molar-refractivity contribution in [3.05, 3.63) is 30.1 Å². The Balaban J connectivity index is 2.37. The lowest BCUT2D eigenvalue weighted by molar-refractivity contribution is -0.124. The molecule has 1 rings (SSSR count). The summed E-state index contributed by atoms with van der Waals surface area (Å²) in [5.74, 6) is 0.267. The molecule has 1 N–H and O–H groups in total. The van der Waals surface area contributed by atoms with Crippen LogP contribution in [0.1, 0.15) is 20.8 Å². The second-order valence-electron chi connectivity index (χ2n) is 4.28. The average Bonchev–Trinajstić information content (AvgIpc) is 2.29. The summed E-state index contributed by atoms with van der Waals surface area (Å²) < 4.78 is 18.2. The molecule has 0 aliphatic heterocycles. The van der Waals surface area contributed by atoms with Crippen LogP contribution in [0, 0.1) is 11.7 Å². The molecule has 3 nitrogen and oxygen atoms in total. The van der Waals surface area contributed by atoms with Gasteiger partial charge in [-0.15, -0.1) is 0 Å². The largest absolute Gasteiger partial charge is 0.489 e. The molecule has 0 radical (unpaired) electrons. The van der Waals surface area contributed by atoms with E-state index in [4.69, 9.17) is 4.74 Å². The van der Waals surface area contributed by atoms with Crippen LogP contribution in [-0.2, 0) is 4.79 Å². The molecule has 0 heterocycles. The minimum Gasteiger partial charge on any atom is -0.489 e. The molecular formula is C13H18FNO2. The number of hydrogen-bond donors (Lipinski definition) is 1. The highest BCUT2D eigenvalue weighted by molar-refractivity contribution is 5.77. The third-order valence-electron chi connectivity index (χ3n) is 2.24. The van der Waals surface area contributed by atoms with Crippen LogP contribution in [0.2, 0.25) is 0 Å². The molecule has 1 unspecified atom stereocenters. The zero-order valence-electron chi connectivity index (χ0n) is 10.4. The molecule has 1 amide bonds. The van der Waals surface area contributed by atoms with E-state index in [1.165, 1.54) is 12.1 Å². The number of ether oxygens (including phenoxy) is 1. The lowest BCUT2D eigenvalue weighted by atomic mass is 10.2. The monoisotopic (exact) mass is 239 g/mol. The van der Waals surface area contributed by atoms with Gasteiger partial charge in [-0.1, -0.05) is 13.8 Å². The normalized spacial score (nSPS) is 12.3. The molecule has 1 aromatic carbocycles. The van der Waals surface area contributed by atoms with E-state index in [2.05, 4.69) is 5.32 Å². The summed E-state index contributed by atoms with van der Waals surface area (Å²) in [5, 5.41) is 2.78. The minimum atomic E-state index is -0.293. The van der Waals surface area contributed by atoms with Gasteiger partial charge in [0, 0.05) is 5.92 Å². The topological polar surface area (TPSA) is 38.3 Å². The number of rotatable bonds is 5. The van der Waals surface area contributed by atoms with Gasteiger partial charge in [0.1, 0.15) is 17.7 Å². The highest BCUT2D eigenvalue weighted by Gasteiger charge is 2.09. The quantitative estimate of drug-likeness (QED) is 0.856. The van der Waals surface area contributed by atoms with Crippen molar-refractivity contribution in [2.24, 2.45) is 5.92 Å². The highest BCUT2D eigenvalue weighted by Crippen LogP contribution is 2.12. The molecule has 94 valence electrons. The molecule has 0 fully saturated rings. The Labute approximate surface area is 101 Å². The Bertz CT molecular complexity index is 362. The first-order chi connectivity index (χ1) is 7.99. The third-order valence-corrected chi connectivity index (χ3v) is 2.24. The fraction of sp³-hybridized carbons (Fsp3) is 0.462. The standard InChI is InChI=1S/C13H18FNO2/c1-9(2)13(16)15-8-10(3)17-12-6-4-11(14)5-7-12/h4-7,9-10H,8H2,1-3H3,(H,15,16). The van der Waals surface area contributed by atoms with E-state index in [0.29, 0.717) is 12.3 Å². The Morgan fingerprint density at radius 3 is 2.41 bits per heavy atom. The van der Waals surface area contributed by atoms with Gasteiger partial charge in [-0.25, -0.2) is 4.39 Å². The molecule has 0 saturated carbocycles. The third kappa shape index (κ3) is 4.85. The number of carbonyl (C=O) groups excluding carboxylic acids is 1. The summed E-state index contributed by atoms with van der Waals surface area (Å²) in [4.78, 5) is 11.3. The van der Waals surface area contributed by atoms with Gasteiger partial charge in [-0.05, 0) is 31.2 Å². The molecule has 0 spiro atoms. The Morgan fingerprint density at radius 1 is 1.29 bits per heavy atom. The molecular weight excluding hydrogens is 221 g/mol. The van der Waals surface area contributed by atoms with E-state index < -0.39 is 0 Å². The first-order valence-corrected chi connectivity index (χ1v) is 5.69. The van der Waals surface area contributed by atoms with E-state index in [-0.39, 0.29) is 23.7 Å². The zero-order valence-corrected chi connectivity index (χ0v) is 10.4. The van der Waals surface area contributed by atoms with Gasteiger partial charge >= 0.3 is 0 Å². The number of benzene rings is 1. The first-order valence-electron chi connectivity index (χ1n) is 5.69. The number of amides is 1. The summed E-state index contributed by atoms with van der Waals surface area (Å²) in [6, 6.07) is 5.82. The lowest BCUT2D eigenvalue weighted by Gasteiger charge is -2.16. The van der Waals surface area contributed by atoms with E-state index in [0.717, 1.165) is 0 Å². The molecule has 17 heavy (non-hydrogen) atoms. The van der Waals surface area contributed by atoms with Crippen LogP contribution in [0.3, 0.4) is 0 Å². The molecule has 4 heteroatoms. The molecule has 0 aliphatic carbocycles. The molecule has 1 aromatic rings. The van der Waals surface area contributed by atoms with Crippen LogP contribution in [0.25, 0.3) is 0 Å². The SMILES string of the molecule is CC(CNC(=O)C(C)C)Oc1ccc(F)cc1. The maximum atomic E-state index is 12.7. The van der Waals surface area contributed by atoms with E-state index >= 15 is 0 Å². The van der Waals surface area contributed by atoms with Crippen molar-refractivity contribution in [2.75, 3.05) is 6.54 Å².